The van der Waals surface area contributed by atoms with Crippen LogP contribution in [0.4, 0.5) is 0 Å². The number of carbonyl (C=O) groups is 1. The summed E-state index contributed by atoms with van der Waals surface area (Å²) < 4.78 is 4.47. The maximum Gasteiger partial charge on any atom is 0.358 e. The molecule has 0 fully saturated rings. The molecular weight excluding hydrogens is 208 g/mol. The molecule has 1 rings (SSSR count). The van der Waals surface area contributed by atoms with Crippen molar-refractivity contribution in [2.75, 3.05) is 7.11 Å². The first-order chi connectivity index (χ1) is 7.42. The second-order valence-corrected chi connectivity index (χ2v) is 3.59. The lowest BCUT2D eigenvalue weighted by Gasteiger charge is -2.05. The highest BCUT2D eigenvalue weighted by molar-refractivity contribution is 5.86. The molecule has 0 saturated heterocycles. The number of hydrogen-bond donors (Lipinski definition) is 1. The van der Waals surface area contributed by atoms with Gasteiger partial charge in [0.15, 0.2) is 5.69 Å². The van der Waals surface area contributed by atoms with Gasteiger partial charge in [-0.3, -0.25) is 0 Å². The summed E-state index contributed by atoms with van der Waals surface area (Å²) in [5.41, 5.74) is -0.575. The summed E-state index contributed by atoms with van der Waals surface area (Å²) >= 11 is 0. The maximum atomic E-state index is 11.0. The highest BCUT2D eigenvalue weighted by atomic mass is 16.5. The van der Waals surface area contributed by atoms with Crippen LogP contribution in [0, 0.1) is 11.8 Å². The molecule has 0 radical (unpaired) electrons. The lowest BCUT2D eigenvalue weighted by atomic mass is 10.1. The van der Waals surface area contributed by atoms with Crippen molar-refractivity contribution in [2.24, 2.45) is 0 Å². The van der Waals surface area contributed by atoms with Crippen LogP contribution in [0.3, 0.4) is 0 Å². The standard InChI is InChI=1S/C11H12N2O3/c1-11(2,15)5-4-8-6-13-9(7-12-8)10(14)16-3/h6-7,15H,1-3H3. The van der Waals surface area contributed by atoms with Gasteiger partial charge in [-0.2, -0.15) is 0 Å². The fourth-order valence-corrected chi connectivity index (χ4v) is 0.820. The van der Waals surface area contributed by atoms with Crippen molar-refractivity contribution in [3.05, 3.63) is 23.8 Å². The lowest BCUT2D eigenvalue weighted by Crippen LogP contribution is -2.14. The van der Waals surface area contributed by atoms with Gasteiger partial charge in [0.1, 0.15) is 11.3 Å². The molecule has 1 aromatic heterocycles. The SMILES string of the molecule is COC(=O)c1cnc(C#CC(C)(C)O)cn1. The van der Waals surface area contributed by atoms with Gasteiger partial charge in [0.05, 0.1) is 19.5 Å². The summed E-state index contributed by atoms with van der Waals surface area (Å²) in [6.45, 7) is 3.13. The summed E-state index contributed by atoms with van der Waals surface area (Å²) in [4.78, 5) is 18.8. The average molecular weight is 220 g/mol. The van der Waals surface area contributed by atoms with Crippen molar-refractivity contribution in [1.29, 1.82) is 0 Å². The summed E-state index contributed by atoms with van der Waals surface area (Å²) in [5.74, 6) is 4.68. The number of ether oxygens (including phenoxy) is 1. The zero-order valence-corrected chi connectivity index (χ0v) is 9.31. The first kappa shape index (κ1) is 12.1. The van der Waals surface area contributed by atoms with Crippen LogP contribution < -0.4 is 0 Å². The number of nitrogens with zero attached hydrogens (tertiary/aromatic N) is 2. The Kier molecular flexibility index (Phi) is 3.59. The second kappa shape index (κ2) is 4.73. The summed E-state index contributed by atoms with van der Waals surface area (Å²) in [6.07, 6.45) is 2.63. The van der Waals surface area contributed by atoms with Gasteiger partial charge in [-0.15, -0.1) is 0 Å². The maximum absolute atomic E-state index is 11.0. The smallest absolute Gasteiger partial charge is 0.358 e. The number of rotatable bonds is 1. The van der Waals surface area contributed by atoms with E-state index in [0.717, 1.165) is 0 Å². The van der Waals surface area contributed by atoms with E-state index >= 15 is 0 Å². The van der Waals surface area contributed by atoms with Crippen LogP contribution in [-0.4, -0.2) is 33.8 Å². The van der Waals surface area contributed by atoms with E-state index in [1.165, 1.54) is 19.5 Å². The summed E-state index contributed by atoms with van der Waals surface area (Å²) in [7, 11) is 1.27. The fraction of sp³-hybridized carbons (Fsp3) is 0.364. The van der Waals surface area contributed by atoms with Crippen LogP contribution in [0.25, 0.3) is 0 Å². The van der Waals surface area contributed by atoms with E-state index in [0.29, 0.717) is 5.69 Å². The molecule has 1 N–H and O–H groups in total. The topological polar surface area (TPSA) is 72.3 Å². The monoisotopic (exact) mass is 220 g/mol. The van der Waals surface area contributed by atoms with Gasteiger partial charge in [0, 0.05) is 0 Å². The van der Waals surface area contributed by atoms with Gasteiger partial charge in [0.2, 0.25) is 0 Å². The largest absolute Gasteiger partial charge is 0.464 e. The highest BCUT2D eigenvalue weighted by Crippen LogP contribution is 1.99. The predicted octanol–water partition coefficient (Wildman–Crippen LogP) is 0.386. The van der Waals surface area contributed by atoms with E-state index in [-0.39, 0.29) is 5.69 Å². The third-order valence-corrected chi connectivity index (χ3v) is 1.54. The molecule has 84 valence electrons. The second-order valence-electron chi connectivity index (χ2n) is 3.59. The van der Waals surface area contributed by atoms with Crippen LogP contribution in [0.5, 0.6) is 0 Å². The number of hydrogen-bond acceptors (Lipinski definition) is 5. The lowest BCUT2D eigenvalue weighted by molar-refractivity contribution is 0.0593. The van der Waals surface area contributed by atoms with Gasteiger partial charge in [0.25, 0.3) is 0 Å². The molecule has 0 aliphatic rings. The summed E-state index contributed by atoms with van der Waals surface area (Å²) in [6, 6.07) is 0. The Morgan fingerprint density at radius 1 is 1.44 bits per heavy atom. The Morgan fingerprint density at radius 3 is 2.56 bits per heavy atom. The number of aliphatic hydroxyl groups is 1. The van der Waals surface area contributed by atoms with Crippen molar-refractivity contribution in [3.8, 4) is 11.8 Å². The Hall–Kier alpha value is -1.93. The normalized spacial score (nSPS) is 10.2. The zero-order valence-electron chi connectivity index (χ0n) is 9.31. The minimum Gasteiger partial charge on any atom is -0.464 e. The van der Waals surface area contributed by atoms with E-state index in [9.17, 15) is 9.90 Å². The zero-order chi connectivity index (χ0) is 12.2. The van der Waals surface area contributed by atoms with Crippen molar-refractivity contribution in [2.45, 2.75) is 19.4 Å². The molecule has 0 bridgehead atoms. The molecular formula is C11H12N2O3. The van der Waals surface area contributed by atoms with Crippen LogP contribution in [0.1, 0.15) is 30.0 Å². The first-order valence-electron chi connectivity index (χ1n) is 4.58. The quantitative estimate of drug-likeness (QED) is 0.547. The Labute approximate surface area is 93.5 Å². The molecule has 1 aromatic rings. The Bertz CT molecular complexity index is 435. The predicted molar refractivity (Wildman–Crippen MR) is 56.5 cm³/mol. The van der Waals surface area contributed by atoms with Crippen molar-refractivity contribution < 1.29 is 14.6 Å². The van der Waals surface area contributed by atoms with Gasteiger partial charge in [-0.1, -0.05) is 5.92 Å². The fourth-order valence-electron chi connectivity index (χ4n) is 0.820. The van der Waals surface area contributed by atoms with Crippen molar-refractivity contribution in [1.82, 2.24) is 9.97 Å². The van der Waals surface area contributed by atoms with Crippen molar-refractivity contribution in [3.63, 3.8) is 0 Å². The summed E-state index contributed by atoms with van der Waals surface area (Å²) in [5, 5.41) is 9.36. The number of esters is 1. The first-order valence-corrected chi connectivity index (χ1v) is 4.58. The van der Waals surface area contributed by atoms with Crippen LogP contribution in [0.15, 0.2) is 12.4 Å². The third kappa shape index (κ3) is 3.67. The molecule has 0 amide bonds. The number of methoxy groups -OCH3 is 1. The average Bonchev–Trinajstić information content (AvgIpc) is 2.25. The van der Waals surface area contributed by atoms with Gasteiger partial charge in [-0.25, -0.2) is 14.8 Å². The highest BCUT2D eigenvalue weighted by Gasteiger charge is 2.08. The molecule has 1 heterocycles. The molecule has 0 aliphatic carbocycles. The van der Waals surface area contributed by atoms with Gasteiger partial charge < -0.3 is 9.84 Å². The van der Waals surface area contributed by atoms with Gasteiger partial charge >= 0.3 is 5.97 Å². The van der Waals surface area contributed by atoms with E-state index in [4.69, 9.17) is 0 Å². The van der Waals surface area contributed by atoms with Crippen LogP contribution in [-0.2, 0) is 4.74 Å². The molecule has 0 atom stereocenters. The van der Waals surface area contributed by atoms with Crippen LogP contribution in [0.2, 0.25) is 0 Å². The molecule has 0 aliphatic heterocycles. The molecule has 0 saturated carbocycles. The van der Waals surface area contributed by atoms with Gasteiger partial charge in [-0.05, 0) is 19.8 Å². The minimum atomic E-state index is -1.08. The number of carbonyl (C=O) groups excluding carboxylic acids is 1. The van der Waals surface area contributed by atoms with E-state index in [1.54, 1.807) is 13.8 Å². The van der Waals surface area contributed by atoms with E-state index in [1.807, 2.05) is 0 Å². The number of aromatic nitrogens is 2. The molecule has 16 heavy (non-hydrogen) atoms. The minimum absolute atomic E-state index is 0.122. The molecule has 0 spiro atoms. The van der Waals surface area contributed by atoms with E-state index in [2.05, 4.69) is 26.5 Å². The van der Waals surface area contributed by atoms with Crippen molar-refractivity contribution >= 4 is 5.97 Å². The third-order valence-electron chi connectivity index (χ3n) is 1.54. The molecule has 5 nitrogen and oxygen atoms in total. The molecule has 5 heteroatoms. The molecule has 0 aromatic carbocycles. The van der Waals surface area contributed by atoms with E-state index < -0.39 is 11.6 Å². The van der Waals surface area contributed by atoms with Crippen LogP contribution >= 0.6 is 0 Å². The molecule has 0 unspecified atom stereocenters. The Balaban J connectivity index is 2.87. The Morgan fingerprint density at radius 2 is 2.12 bits per heavy atom.